The van der Waals surface area contributed by atoms with Crippen molar-refractivity contribution >= 4 is 17.5 Å². The Bertz CT molecular complexity index is 492. The number of carbonyl (C=O) groups is 1. The Morgan fingerprint density at radius 1 is 1.60 bits per heavy atom. The number of nitrogens with zero attached hydrogens (tertiary/aromatic N) is 2. The van der Waals surface area contributed by atoms with E-state index in [1.54, 1.807) is 0 Å². The van der Waals surface area contributed by atoms with Crippen molar-refractivity contribution in [2.45, 2.75) is 25.9 Å². The smallest absolute Gasteiger partial charge is 0.356 e. The molecule has 8 heteroatoms. The quantitative estimate of drug-likeness (QED) is 0.441. The summed E-state index contributed by atoms with van der Waals surface area (Å²) in [4.78, 5) is 25.5. The molecule has 0 aliphatic heterocycles. The highest BCUT2D eigenvalue weighted by molar-refractivity contribution is 5.88. The number of anilines is 1. The van der Waals surface area contributed by atoms with Gasteiger partial charge in [-0.25, -0.2) is 9.78 Å². The number of carbonyl (C=O) groups excluding carboxylic acids is 1. The maximum atomic E-state index is 11.4. The summed E-state index contributed by atoms with van der Waals surface area (Å²) in [6, 6.07) is 2.39. The van der Waals surface area contributed by atoms with Crippen LogP contribution in [0.5, 0.6) is 0 Å². The fraction of sp³-hybridized carbons (Fsp3) is 0.500. The molecular formula is C12H17N3O5. The molecule has 0 radical (unpaired) electrons. The number of nitrogens with one attached hydrogen (secondary N) is 1. The fourth-order valence-electron chi connectivity index (χ4n) is 1.60. The number of hydrogen-bond donors (Lipinski definition) is 2. The predicted molar refractivity (Wildman–Crippen MR) is 71.6 cm³/mol. The second-order valence-corrected chi connectivity index (χ2v) is 4.14. The third kappa shape index (κ3) is 4.16. The molecular weight excluding hydrogens is 266 g/mol. The van der Waals surface area contributed by atoms with Crippen LogP contribution < -0.4 is 5.32 Å². The minimum Gasteiger partial charge on any atom is -0.464 e. The lowest BCUT2D eigenvalue weighted by Gasteiger charge is -2.11. The van der Waals surface area contributed by atoms with Gasteiger partial charge in [-0.15, -0.1) is 0 Å². The van der Waals surface area contributed by atoms with Gasteiger partial charge in [0.15, 0.2) is 5.69 Å². The zero-order chi connectivity index (χ0) is 15.1. The normalized spacial score (nSPS) is 11.8. The van der Waals surface area contributed by atoms with Gasteiger partial charge < -0.3 is 15.2 Å². The van der Waals surface area contributed by atoms with E-state index in [-0.39, 0.29) is 23.7 Å². The van der Waals surface area contributed by atoms with Gasteiger partial charge in [0.1, 0.15) is 0 Å². The summed E-state index contributed by atoms with van der Waals surface area (Å²) in [5.74, 6) is -0.745. The summed E-state index contributed by atoms with van der Waals surface area (Å²) in [5, 5.41) is 23.2. The average molecular weight is 283 g/mol. The van der Waals surface area contributed by atoms with E-state index in [1.165, 1.54) is 19.2 Å². The zero-order valence-electron chi connectivity index (χ0n) is 11.3. The van der Waals surface area contributed by atoms with Gasteiger partial charge in [-0.2, -0.15) is 0 Å². The molecule has 1 aromatic rings. The van der Waals surface area contributed by atoms with Crippen molar-refractivity contribution in [2.75, 3.05) is 19.0 Å². The predicted octanol–water partition coefficient (Wildman–Crippen LogP) is 1.35. The second kappa shape index (κ2) is 7.39. The molecule has 0 aromatic carbocycles. The Labute approximate surface area is 115 Å². The molecule has 1 heterocycles. The summed E-state index contributed by atoms with van der Waals surface area (Å²) in [6.45, 7) is 2.04. The highest BCUT2D eigenvalue weighted by Gasteiger charge is 2.19. The van der Waals surface area contributed by atoms with E-state index in [9.17, 15) is 20.0 Å². The van der Waals surface area contributed by atoms with Gasteiger partial charge in [0.05, 0.1) is 18.1 Å². The van der Waals surface area contributed by atoms with Crippen molar-refractivity contribution in [3.05, 3.63) is 27.9 Å². The Morgan fingerprint density at radius 3 is 2.85 bits per heavy atom. The largest absolute Gasteiger partial charge is 0.464 e. The van der Waals surface area contributed by atoms with Crippen LogP contribution in [0.1, 0.15) is 30.3 Å². The first-order valence-corrected chi connectivity index (χ1v) is 6.15. The summed E-state index contributed by atoms with van der Waals surface area (Å²) >= 11 is 0. The Morgan fingerprint density at radius 2 is 2.30 bits per heavy atom. The minimum absolute atomic E-state index is 0.0365. The van der Waals surface area contributed by atoms with Crippen molar-refractivity contribution in [1.29, 1.82) is 0 Å². The fourth-order valence-corrected chi connectivity index (χ4v) is 1.60. The molecule has 0 aliphatic rings. The number of pyridine rings is 1. The Balaban J connectivity index is 2.94. The van der Waals surface area contributed by atoms with Crippen LogP contribution in [0.3, 0.4) is 0 Å². The number of aromatic nitrogens is 1. The lowest BCUT2D eigenvalue weighted by atomic mass is 10.2. The van der Waals surface area contributed by atoms with Crippen LogP contribution in [0.25, 0.3) is 0 Å². The van der Waals surface area contributed by atoms with E-state index in [0.29, 0.717) is 6.42 Å². The lowest BCUT2D eigenvalue weighted by molar-refractivity contribution is -0.384. The van der Waals surface area contributed by atoms with Crippen molar-refractivity contribution in [1.82, 2.24) is 4.98 Å². The number of aliphatic hydroxyl groups is 1. The summed E-state index contributed by atoms with van der Waals surface area (Å²) in [5.41, 5.74) is -0.299. The van der Waals surface area contributed by atoms with E-state index in [0.717, 1.165) is 6.42 Å². The van der Waals surface area contributed by atoms with Crippen LogP contribution >= 0.6 is 0 Å². The molecule has 0 aliphatic carbocycles. The van der Waals surface area contributed by atoms with Crippen molar-refractivity contribution in [2.24, 2.45) is 0 Å². The van der Waals surface area contributed by atoms with Crippen LogP contribution in [-0.2, 0) is 4.74 Å². The molecule has 0 saturated heterocycles. The van der Waals surface area contributed by atoms with Gasteiger partial charge in [0, 0.05) is 12.6 Å². The Kier molecular flexibility index (Phi) is 5.85. The molecule has 1 rings (SSSR count). The Hall–Kier alpha value is -2.22. The summed E-state index contributed by atoms with van der Waals surface area (Å²) in [7, 11) is 1.20. The van der Waals surface area contributed by atoms with Crippen LogP contribution in [-0.4, -0.2) is 40.7 Å². The summed E-state index contributed by atoms with van der Waals surface area (Å²) in [6.07, 6.45) is 0.723. The molecule has 20 heavy (non-hydrogen) atoms. The number of nitro groups is 1. The topological polar surface area (TPSA) is 115 Å². The third-order valence-electron chi connectivity index (χ3n) is 2.59. The highest BCUT2D eigenvalue weighted by atomic mass is 16.6. The van der Waals surface area contributed by atoms with Gasteiger partial charge >= 0.3 is 11.7 Å². The van der Waals surface area contributed by atoms with Gasteiger partial charge in [-0.1, -0.05) is 13.3 Å². The molecule has 0 bridgehead atoms. The summed E-state index contributed by atoms with van der Waals surface area (Å²) < 4.78 is 4.51. The average Bonchev–Trinajstić information content (AvgIpc) is 2.44. The minimum atomic E-state index is -0.683. The number of esters is 1. The van der Waals surface area contributed by atoms with Crippen LogP contribution in [0.2, 0.25) is 0 Å². The van der Waals surface area contributed by atoms with E-state index >= 15 is 0 Å². The van der Waals surface area contributed by atoms with Crippen LogP contribution in [0, 0.1) is 10.1 Å². The maximum Gasteiger partial charge on any atom is 0.356 e. The first-order chi connectivity index (χ1) is 9.49. The van der Waals surface area contributed by atoms with Gasteiger partial charge in [0.2, 0.25) is 5.82 Å². The van der Waals surface area contributed by atoms with Crippen molar-refractivity contribution in [3.63, 3.8) is 0 Å². The molecule has 0 fully saturated rings. The molecule has 0 saturated carbocycles. The molecule has 1 aromatic heterocycles. The first-order valence-electron chi connectivity index (χ1n) is 6.15. The zero-order valence-corrected chi connectivity index (χ0v) is 11.3. The van der Waals surface area contributed by atoms with Gasteiger partial charge in [-0.3, -0.25) is 10.1 Å². The van der Waals surface area contributed by atoms with Gasteiger partial charge in [-0.05, 0) is 12.5 Å². The molecule has 0 spiro atoms. The van der Waals surface area contributed by atoms with E-state index in [1.807, 2.05) is 6.92 Å². The second-order valence-electron chi connectivity index (χ2n) is 4.14. The van der Waals surface area contributed by atoms with Crippen LogP contribution in [0.15, 0.2) is 12.1 Å². The lowest BCUT2D eigenvalue weighted by Crippen LogP contribution is -2.20. The standard InChI is InChI=1S/C12H17N3O5/c1-3-4-8(16)7-13-11-10(15(18)19)6-5-9(14-11)12(17)20-2/h5-6,8,16H,3-4,7H2,1-2H3,(H,13,14). The van der Waals surface area contributed by atoms with Crippen LogP contribution in [0.4, 0.5) is 11.5 Å². The van der Waals surface area contributed by atoms with Crippen molar-refractivity contribution in [3.8, 4) is 0 Å². The van der Waals surface area contributed by atoms with E-state index in [4.69, 9.17) is 0 Å². The maximum absolute atomic E-state index is 11.4. The highest BCUT2D eigenvalue weighted by Crippen LogP contribution is 2.22. The number of hydrogen-bond acceptors (Lipinski definition) is 7. The monoisotopic (exact) mass is 283 g/mol. The van der Waals surface area contributed by atoms with Gasteiger partial charge in [0.25, 0.3) is 0 Å². The molecule has 1 unspecified atom stereocenters. The van der Waals surface area contributed by atoms with E-state index < -0.39 is 17.0 Å². The molecule has 8 nitrogen and oxygen atoms in total. The molecule has 0 amide bonds. The number of methoxy groups -OCH3 is 1. The first kappa shape index (κ1) is 15.8. The van der Waals surface area contributed by atoms with Crippen molar-refractivity contribution < 1.29 is 19.6 Å². The number of aliphatic hydroxyl groups excluding tert-OH is 1. The number of ether oxygens (including phenoxy) is 1. The molecule has 2 N–H and O–H groups in total. The molecule has 1 atom stereocenters. The SMILES string of the molecule is CCCC(O)CNc1nc(C(=O)OC)ccc1[N+](=O)[O-]. The third-order valence-corrected chi connectivity index (χ3v) is 2.59. The number of rotatable bonds is 7. The molecule has 110 valence electrons. The van der Waals surface area contributed by atoms with E-state index in [2.05, 4.69) is 15.0 Å².